The molecule has 2 atom stereocenters. The molecule has 0 radical (unpaired) electrons. The summed E-state index contributed by atoms with van der Waals surface area (Å²) in [7, 11) is 0. The molecule has 30 heavy (non-hydrogen) atoms. The number of hydrogen-bond acceptors (Lipinski definition) is 2. The van der Waals surface area contributed by atoms with Gasteiger partial charge in [0.1, 0.15) is 0 Å². The molecule has 2 heteroatoms. The minimum absolute atomic E-state index is 0.436. The van der Waals surface area contributed by atoms with Crippen LogP contribution in [-0.2, 0) is 0 Å². The van der Waals surface area contributed by atoms with Crippen molar-refractivity contribution < 1.29 is 0 Å². The van der Waals surface area contributed by atoms with Crippen molar-refractivity contribution in [3.8, 4) is 0 Å². The highest BCUT2D eigenvalue weighted by atomic mass is 15.6. The maximum atomic E-state index is 4.03. The molecule has 0 fully saturated rings. The highest BCUT2D eigenvalue weighted by molar-refractivity contribution is 5.56. The Morgan fingerprint density at radius 2 is 1.80 bits per heavy atom. The van der Waals surface area contributed by atoms with Crippen molar-refractivity contribution in [2.45, 2.75) is 53.4 Å². The summed E-state index contributed by atoms with van der Waals surface area (Å²) in [5.41, 5.74) is 9.25. The zero-order chi connectivity index (χ0) is 21.3. The molecule has 1 aromatic rings. The zero-order valence-electron chi connectivity index (χ0n) is 18.9. The van der Waals surface area contributed by atoms with Crippen LogP contribution in [0.1, 0.15) is 52.0 Å². The van der Waals surface area contributed by atoms with Gasteiger partial charge in [-0.15, -0.1) is 6.58 Å². The number of anilines is 1. The van der Waals surface area contributed by atoms with Crippen LogP contribution in [0.4, 0.5) is 5.69 Å². The average molecular weight is 399 g/mol. The Kier molecular flexibility index (Phi) is 5.85. The van der Waals surface area contributed by atoms with Crippen molar-refractivity contribution in [3.05, 3.63) is 101 Å². The number of nitrogens with zero attached hydrogens (tertiary/aromatic N) is 2. The first-order chi connectivity index (χ1) is 14.5. The lowest BCUT2D eigenvalue weighted by atomic mass is 9.91. The quantitative estimate of drug-likeness (QED) is 0.359. The summed E-state index contributed by atoms with van der Waals surface area (Å²) in [4.78, 5) is 0. The van der Waals surface area contributed by atoms with Crippen molar-refractivity contribution in [1.82, 2.24) is 5.01 Å². The zero-order valence-corrected chi connectivity index (χ0v) is 18.9. The van der Waals surface area contributed by atoms with Gasteiger partial charge < -0.3 is 0 Å². The first kappa shape index (κ1) is 20.5. The molecule has 3 aliphatic rings. The molecule has 3 aliphatic carbocycles. The number of aryl methyl sites for hydroxylation is 1. The lowest BCUT2D eigenvalue weighted by molar-refractivity contribution is 0.409. The van der Waals surface area contributed by atoms with Crippen molar-refractivity contribution in [2.75, 3.05) is 5.01 Å². The highest BCUT2D eigenvalue weighted by Gasteiger charge is 2.30. The average Bonchev–Trinajstić information content (AvgIpc) is 3.34. The first-order valence-corrected chi connectivity index (χ1v) is 11.2. The molecule has 0 aliphatic heterocycles. The molecule has 0 saturated heterocycles. The minimum Gasteiger partial charge on any atom is -0.254 e. The highest BCUT2D eigenvalue weighted by Crippen LogP contribution is 2.39. The Balaban J connectivity index is 1.83. The van der Waals surface area contributed by atoms with Crippen LogP contribution < -0.4 is 5.01 Å². The van der Waals surface area contributed by atoms with Crippen molar-refractivity contribution in [1.29, 1.82) is 0 Å². The van der Waals surface area contributed by atoms with Crippen LogP contribution in [-0.4, -0.2) is 5.01 Å². The van der Waals surface area contributed by atoms with E-state index in [1.54, 1.807) is 0 Å². The smallest absolute Gasteiger partial charge is 0.0635 e. The number of benzene rings is 1. The number of allylic oxidation sites excluding steroid dienone is 9. The Hall–Kier alpha value is -2.74. The van der Waals surface area contributed by atoms with Gasteiger partial charge in [0, 0.05) is 23.7 Å². The van der Waals surface area contributed by atoms with Gasteiger partial charge in [-0.25, -0.2) is 0 Å². The van der Waals surface area contributed by atoms with Crippen LogP contribution >= 0.6 is 0 Å². The van der Waals surface area contributed by atoms with Crippen LogP contribution in [0.5, 0.6) is 0 Å². The fourth-order valence-electron chi connectivity index (χ4n) is 4.67. The third-order valence-corrected chi connectivity index (χ3v) is 6.40. The molecular formula is C28H34N2. The van der Waals surface area contributed by atoms with Gasteiger partial charge in [-0.2, -0.15) is 0 Å². The number of hydrazine groups is 1. The molecule has 0 bridgehead atoms. The Labute approximate surface area is 182 Å². The monoisotopic (exact) mass is 398 g/mol. The molecule has 2 unspecified atom stereocenters. The van der Waals surface area contributed by atoms with E-state index < -0.39 is 0 Å². The van der Waals surface area contributed by atoms with Gasteiger partial charge in [-0.3, -0.25) is 10.0 Å². The predicted octanol–water partition coefficient (Wildman–Crippen LogP) is 7.60. The van der Waals surface area contributed by atoms with E-state index in [0.717, 1.165) is 25.7 Å². The fraction of sp³-hybridized carbons (Fsp3) is 0.357. The van der Waals surface area contributed by atoms with E-state index in [4.69, 9.17) is 0 Å². The number of rotatable bonds is 6. The summed E-state index contributed by atoms with van der Waals surface area (Å²) >= 11 is 0. The summed E-state index contributed by atoms with van der Waals surface area (Å²) in [6.45, 7) is 13.0. The normalized spacial score (nSPS) is 23.3. The molecule has 0 heterocycles. The second-order valence-corrected chi connectivity index (χ2v) is 9.09. The third-order valence-electron chi connectivity index (χ3n) is 6.40. The molecule has 0 amide bonds. The van der Waals surface area contributed by atoms with Crippen LogP contribution in [0.15, 0.2) is 95.5 Å². The Morgan fingerprint density at radius 3 is 2.40 bits per heavy atom. The minimum atomic E-state index is 0.436. The largest absolute Gasteiger partial charge is 0.254 e. The molecule has 0 saturated carbocycles. The molecule has 156 valence electrons. The van der Waals surface area contributed by atoms with E-state index in [1.807, 2.05) is 0 Å². The molecular weight excluding hydrogens is 364 g/mol. The maximum Gasteiger partial charge on any atom is 0.0635 e. The van der Waals surface area contributed by atoms with Crippen LogP contribution in [0.3, 0.4) is 0 Å². The molecule has 1 aromatic carbocycles. The lowest BCUT2D eigenvalue weighted by Crippen LogP contribution is -2.41. The molecule has 0 aromatic heterocycles. The van der Waals surface area contributed by atoms with Gasteiger partial charge in [0.2, 0.25) is 0 Å². The van der Waals surface area contributed by atoms with Crippen molar-refractivity contribution in [3.63, 3.8) is 0 Å². The van der Waals surface area contributed by atoms with Crippen molar-refractivity contribution >= 4 is 5.69 Å². The van der Waals surface area contributed by atoms with Crippen molar-refractivity contribution in [2.24, 2.45) is 11.8 Å². The first-order valence-electron chi connectivity index (χ1n) is 11.2. The van der Waals surface area contributed by atoms with Gasteiger partial charge in [-0.1, -0.05) is 54.5 Å². The second-order valence-electron chi connectivity index (χ2n) is 9.09. The molecule has 2 nitrogen and oxygen atoms in total. The maximum absolute atomic E-state index is 4.03. The van der Waals surface area contributed by atoms with E-state index in [0.29, 0.717) is 11.8 Å². The summed E-state index contributed by atoms with van der Waals surface area (Å²) in [5, 5.41) is 4.94. The summed E-state index contributed by atoms with van der Waals surface area (Å²) in [6, 6.07) is 8.90. The van der Waals surface area contributed by atoms with Gasteiger partial charge >= 0.3 is 0 Å². The topological polar surface area (TPSA) is 6.48 Å². The third kappa shape index (κ3) is 4.09. The molecule has 4 rings (SSSR count). The standard InChI is InChI=1S/C28H34N2/c1-6-24-12-15-28(19-23(24)5)30(27-14-11-22(4)18-27)29(26-13-10-21(3)17-26)25-9-7-8-20(2)16-25/h6-9,11,13,15-16,18-19,21,24H,1,10,12,14,17H2,2-5H3. The Bertz CT molecular complexity index is 986. The summed E-state index contributed by atoms with van der Waals surface area (Å²) in [6.07, 6.45) is 18.1. The predicted molar refractivity (Wildman–Crippen MR) is 129 cm³/mol. The van der Waals surface area contributed by atoms with E-state index in [1.165, 1.54) is 39.5 Å². The van der Waals surface area contributed by atoms with E-state index >= 15 is 0 Å². The van der Waals surface area contributed by atoms with E-state index in [-0.39, 0.29) is 0 Å². The molecule has 0 spiro atoms. The fourth-order valence-corrected chi connectivity index (χ4v) is 4.67. The lowest BCUT2D eigenvalue weighted by Gasteiger charge is -2.42. The van der Waals surface area contributed by atoms with Crippen LogP contribution in [0.2, 0.25) is 0 Å². The number of hydrogen-bond donors (Lipinski definition) is 0. The van der Waals surface area contributed by atoms with Gasteiger partial charge in [0.05, 0.1) is 11.4 Å². The van der Waals surface area contributed by atoms with Gasteiger partial charge in [-0.05, 0) is 75.8 Å². The molecule has 0 N–H and O–H groups in total. The van der Waals surface area contributed by atoms with Crippen LogP contribution in [0, 0.1) is 18.8 Å². The Morgan fingerprint density at radius 1 is 0.967 bits per heavy atom. The SMILES string of the molecule is C=CC1CC=C(N(C2=CC(C)=CC2)N(C2=CCC(C)C2)c2cccc(C)c2)C=C1C. The van der Waals surface area contributed by atoms with Gasteiger partial charge in [0.25, 0.3) is 0 Å². The van der Waals surface area contributed by atoms with Crippen LogP contribution in [0.25, 0.3) is 0 Å². The van der Waals surface area contributed by atoms with Gasteiger partial charge in [0.15, 0.2) is 0 Å². The summed E-state index contributed by atoms with van der Waals surface area (Å²) in [5.74, 6) is 1.13. The van der Waals surface area contributed by atoms with E-state index in [2.05, 4.69) is 105 Å². The van der Waals surface area contributed by atoms with E-state index in [9.17, 15) is 0 Å². The summed E-state index contributed by atoms with van der Waals surface area (Å²) < 4.78 is 0. The second kappa shape index (κ2) is 8.55.